The number of hydrogen-bond acceptors (Lipinski definition) is 3. The molecular weight excluding hydrogens is 355 g/mol. The Kier molecular flexibility index (Phi) is 6.08. The summed E-state index contributed by atoms with van der Waals surface area (Å²) < 4.78 is 6.49. The van der Waals surface area contributed by atoms with Gasteiger partial charge in [0.05, 0.1) is 17.3 Å². The van der Waals surface area contributed by atoms with E-state index in [4.69, 9.17) is 38.7 Å². The fourth-order valence-electron chi connectivity index (χ4n) is 3.74. The molecule has 2 fully saturated rings. The minimum atomic E-state index is -0.331. The molecule has 2 N–H and O–H groups in total. The first kappa shape index (κ1) is 18.8. The summed E-state index contributed by atoms with van der Waals surface area (Å²) in [4.78, 5) is 5.01. The molecule has 3 nitrogen and oxygen atoms in total. The summed E-state index contributed by atoms with van der Waals surface area (Å²) >= 11 is 12.2. The smallest absolute Gasteiger partial charge is 0.113 e. The van der Waals surface area contributed by atoms with Crippen LogP contribution >= 0.6 is 23.2 Å². The number of benzene rings is 1. The lowest BCUT2D eigenvalue weighted by Gasteiger charge is -2.40. The maximum absolute atomic E-state index is 6.49. The van der Waals surface area contributed by atoms with E-state index in [2.05, 4.69) is 6.92 Å². The molecule has 2 saturated carbocycles. The second-order valence-corrected chi connectivity index (χ2v) is 7.65. The standard InChI is InChI=1S/C20H26Cl2N2O/c1-2-11-25-20(14-8-9-14)10-4-7-17(18(23)13-21)19(20)24-16-6-3-5-15(22)12-16/h3,5-6,12,14H,2,4,7-11,13,23H2,1H3/b18-17-,24-19?. The molecule has 0 aliphatic heterocycles. The van der Waals surface area contributed by atoms with Gasteiger partial charge in [0.2, 0.25) is 0 Å². The van der Waals surface area contributed by atoms with Crippen LogP contribution in [0.2, 0.25) is 5.02 Å². The molecule has 0 heterocycles. The van der Waals surface area contributed by atoms with Crippen LogP contribution in [0.25, 0.3) is 0 Å². The van der Waals surface area contributed by atoms with Crippen LogP contribution in [-0.2, 0) is 4.74 Å². The van der Waals surface area contributed by atoms with Gasteiger partial charge in [0.1, 0.15) is 5.60 Å². The van der Waals surface area contributed by atoms with Gasteiger partial charge >= 0.3 is 0 Å². The highest BCUT2D eigenvalue weighted by Crippen LogP contribution is 2.50. The average Bonchev–Trinajstić information content (AvgIpc) is 3.46. The highest BCUT2D eigenvalue weighted by Gasteiger charge is 2.52. The predicted octanol–water partition coefficient (Wildman–Crippen LogP) is 5.62. The van der Waals surface area contributed by atoms with Crippen LogP contribution < -0.4 is 5.73 Å². The van der Waals surface area contributed by atoms with Gasteiger partial charge in [-0.25, -0.2) is 4.99 Å². The first-order valence-electron chi connectivity index (χ1n) is 9.13. The van der Waals surface area contributed by atoms with Crippen LogP contribution in [0.1, 0.15) is 45.4 Å². The van der Waals surface area contributed by atoms with E-state index in [0.29, 0.717) is 22.5 Å². The number of allylic oxidation sites excluding steroid dienone is 1. The van der Waals surface area contributed by atoms with Gasteiger partial charge in [-0.3, -0.25) is 0 Å². The lowest BCUT2D eigenvalue weighted by atomic mass is 9.75. The zero-order valence-electron chi connectivity index (χ0n) is 14.7. The summed E-state index contributed by atoms with van der Waals surface area (Å²) in [7, 11) is 0. The molecule has 0 radical (unpaired) electrons. The van der Waals surface area contributed by atoms with Gasteiger partial charge in [0.15, 0.2) is 0 Å². The van der Waals surface area contributed by atoms with Crippen LogP contribution in [0.3, 0.4) is 0 Å². The highest BCUT2D eigenvalue weighted by atomic mass is 35.5. The second kappa shape index (κ2) is 8.11. The van der Waals surface area contributed by atoms with Crippen molar-refractivity contribution in [1.82, 2.24) is 0 Å². The van der Waals surface area contributed by atoms with E-state index in [1.165, 1.54) is 12.8 Å². The van der Waals surface area contributed by atoms with E-state index in [-0.39, 0.29) is 5.60 Å². The molecule has 2 aliphatic carbocycles. The molecule has 1 aromatic carbocycles. The van der Waals surface area contributed by atoms with Gasteiger partial charge in [-0.15, -0.1) is 11.6 Å². The second-order valence-electron chi connectivity index (χ2n) is 6.94. The topological polar surface area (TPSA) is 47.6 Å². The van der Waals surface area contributed by atoms with Crippen molar-refractivity contribution in [2.24, 2.45) is 16.6 Å². The van der Waals surface area contributed by atoms with Crippen LogP contribution in [0.4, 0.5) is 5.69 Å². The van der Waals surface area contributed by atoms with Crippen LogP contribution in [0, 0.1) is 5.92 Å². The van der Waals surface area contributed by atoms with E-state index in [9.17, 15) is 0 Å². The van der Waals surface area contributed by atoms with Gasteiger partial charge in [-0.1, -0.05) is 24.6 Å². The Balaban J connectivity index is 2.11. The normalized spacial score (nSPS) is 27.6. The summed E-state index contributed by atoms with van der Waals surface area (Å²) in [5.41, 5.74) is 9.56. The number of hydrogen-bond donors (Lipinski definition) is 1. The molecule has 0 saturated heterocycles. The number of aliphatic imine (C=N–C) groups is 1. The van der Waals surface area contributed by atoms with Gasteiger partial charge in [0.25, 0.3) is 0 Å². The fraction of sp³-hybridized carbons (Fsp3) is 0.550. The monoisotopic (exact) mass is 380 g/mol. The summed E-state index contributed by atoms with van der Waals surface area (Å²) in [6, 6.07) is 7.64. The molecule has 136 valence electrons. The molecule has 1 aromatic rings. The van der Waals surface area contributed by atoms with E-state index >= 15 is 0 Å². The van der Waals surface area contributed by atoms with Crippen LogP contribution in [-0.4, -0.2) is 23.8 Å². The first-order valence-corrected chi connectivity index (χ1v) is 10.0. The number of halogens is 2. The van der Waals surface area contributed by atoms with E-state index in [1.807, 2.05) is 24.3 Å². The largest absolute Gasteiger partial charge is 0.401 e. The average molecular weight is 381 g/mol. The molecule has 2 aliphatic rings. The third kappa shape index (κ3) is 4.05. The lowest BCUT2D eigenvalue weighted by molar-refractivity contribution is -0.0189. The van der Waals surface area contributed by atoms with Crippen LogP contribution in [0.5, 0.6) is 0 Å². The Morgan fingerprint density at radius 1 is 1.40 bits per heavy atom. The zero-order chi connectivity index (χ0) is 17.9. The van der Waals surface area contributed by atoms with Crippen molar-refractivity contribution >= 4 is 34.6 Å². The van der Waals surface area contributed by atoms with Crippen LogP contribution in [0.15, 0.2) is 40.5 Å². The maximum atomic E-state index is 6.49. The molecule has 0 amide bonds. The Morgan fingerprint density at radius 2 is 2.20 bits per heavy atom. The molecule has 5 heteroatoms. The van der Waals surface area contributed by atoms with Crippen molar-refractivity contribution in [2.45, 2.75) is 51.0 Å². The van der Waals surface area contributed by atoms with E-state index in [0.717, 1.165) is 49.3 Å². The fourth-order valence-corrected chi connectivity index (χ4v) is 4.09. The highest BCUT2D eigenvalue weighted by molar-refractivity contribution is 6.30. The molecule has 0 spiro atoms. The third-order valence-corrected chi connectivity index (χ3v) is 5.57. The molecule has 0 bridgehead atoms. The van der Waals surface area contributed by atoms with Gasteiger partial charge < -0.3 is 10.5 Å². The Labute approximate surface area is 160 Å². The van der Waals surface area contributed by atoms with E-state index < -0.39 is 0 Å². The summed E-state index contributed by atoms with van der Waals surface area (Å²) in [6.07, 6.45) is 6.32. The Bertz CT molecular complexity index is 682. The SMILES string of the molecule is CCCOC1(C2CC2)CCC/C(=C(/N)CCl)C1=Nc1cccc(Cl)c1. The van der Waals surface area contributed by atoms with Gasteiger partial charge in [-0.05, 0) is 68.2 Å². The minimum Gasteiger partial charge on any atom is -0.401 e. The van der Waals surface area contributed by atoms with Gasteiger partial charge in [0, 0.05) is 17.3 Å². The molecule has 3 rings (SSSR count). The summed E-state index contributed by atoms with van der Waals surface area (Å²) in [6.45, 7) is 2.88. The lowest BCUT2D eigenvalue weighted by Crippen LogP contribution is -2.48. The molecule has 1 unspecified atom stereocenters. The van der Waals surface area contributed by atoms with Crippen molar-refractivity contribution in [1.29, 1.82) is 0 Å². The molecule has 25 heavy (non-hydrogen) atoms. The summed E-state index contributed by atoms with van der Waals surface area (Å²) in [5.74, 6) is 0.841. The Hall–Kier alpha value is -1.03. The number of ether oxygens (including phenoxy) is 1. The van der Waals surface area contributed by atoms with Crippen molar-refractivity contribution in [3.8, 4) is 0 Å². The molecule has 1 atom stereocenters. The van der Waals surface area contributed by atoms with Crippen molar-refractivity contribution < 1.29 is 4.74 Å². The van der Waals surface area contributed by atoms with Crippen molar-refractivity contribution in [3.63, 3.8) is 0 Å². The summed E-state index contributed by atoms with van der Waals surface area (Å²) in [5, 5.41) is 0.681. The van der Waals surface area contributed by atoms with Crippen molar-refractivity contribution in [3.05, 3.63) is 40.6 Å². The molecular formula is C20H26Cl2N2O. The molecule has 0 aromatic heterocycles. The van der Waals surface area contributed by atoms with E-state index in [1.54, 1.807) is 0 Å². The third-order valence-electron chi connectivity index (χ3n) is 5.04. The first-order chi connectivity index (χ1) is 12.1. The number of alkyl halides is 1. The minimum absolute atomic E-state index is 0.318. The number of nitrogens with two attached hydrogens (primary N) is 1. The van der Waals surface area contributed by atoms with Crippen molar-refractivity contribution in [2.75, 3.05) is 12.5 Å². The maximum Gasteiger partial charge on any atom is 0.113 e. The number of rotatable bonds is 6. The quantitative estimate of drug-likeness (QED) is 0.650. The zero-order valence-corrected chi connectivity index (χ0v) is 16.2. The number of nitrogens with zero attached hydrogens (tertiary/aromatic N) is 1. The Morgan fingerprint density at radius 3 is 2.84 bits per heavy atom. The van der Waals surface area contributed by atoms with Gasteiger partial charge in [-0.2, -0.15) is 0 Å². The predicted molar refractivity (Wildman–Crippen MR) is 106 cm³/mol.